The Hall–Kier alpha value is -0.930. The topological polar surface area (TPSA) is 25.8 Å². The van der Waals surface area contributed by atoms with Crippen molar-refractivity contribution in [1.82, 2.24) is 10.2 Å². The number of aromatic nitrogens is 2. The summed E-state index contributed by atoms with van der Waals surface area (Å²) >= 11 is 8.15. The second-order valence-electron chi connectivity index (χ2n) is 5.50. The van der Waals surface area contributed by atoms with Crippen LogP contribution in [-0.4, -0.2) is 10.2 Å². The number of hydrogen-bond acceptors (Lipinski definition) is 3. The van der Waals surface area contributed by atoms with Gasteiger partial charge in [0.25, 0.3) is 0 Å². The molecule has 0 amide bonds. The van der Waals surface area contributed by atoms with Crippen LogP contribution in [0.25, 0.3) is 0 Å². The van der Waals surface area contributed by atoms with E-state index in [1.54, 1.807) is 11.3 Å². The molecular weight excluding hydrogens is 288 g/mol. The van der Waals surface area contributed by atoms with E-state index in [-0.39, 0.29) is 5.38 Å². The first-order valence-corrected chi connectivity index (χ1v) is 8.59. The first kappa shape index (κ1) is 14.0. The molecule has 1 aromatic carbocycles. The number of hydrogen-bond donors (Lipinski definition) is 0. The van der Waals surface area contributed by atoms with E-state index in [1.165, 1.54) is 32.1 Å². The van der Waals surface area contributed by atoms with Crippen LogP contribution in [0.4, 0.5) is 0 Å². The predicted molar refractivity (Wildman–Crippen MR) is 84.3 cm³/mol. The van der Waals surface area contributed by atoms with E-state index >= 15 is 0 Å². The minimum atomic E-state index is -0.172. The van der Waals surface area contributed by atoms with Gasteiger partial charge in [-0.1, -0.05) is 67.4 Å². The smallest absolute Gasteiger partial charge is 0.139 e. The van der Waals surface area contributed by atoms with Crippen LogP contribution in [0.1, 0.15) is 53.1 Å². The van der Waals surface area contributed by atoms with Crippen molar-refractivity contribution in [1.29, 1.82) is 0 Å². The van der Waals surface area contributed by atoms with E-state index in [4.69, 9.17) is 11.6 Å². The van der Waals surface area contributed by atoms with Gasteiger partial charge in [0.2, 0.25) is 0 Å². The third-order valence-corrected chi connectivity index (χ3v) is 5.67. The highest BCUT2D eigenvalue weighted by molar-refractivity contribution is 7.11. The molecule has 3 rings (SSSR count). The van der Waals surface area contributed by atoms with Gasteiger partial charge in [0.1, 0.15) is 15.4 Å². The lowest BCUT2D eigenvalue weighted by Gasteiger charge is -2.06. The maximum absolute atomic E-state index is 6.48. The molecule has 1 aliphatic rings. The number of aryl methyl sites for hydroxylation is 1. The fraction of sp³-hybridized carbons (Fsp3) is 0.500. The van der Waals surface area contributed by atoms with E-state index in [1.807, 2.05) is 30.3 Å². The zero-order chi connectivity index (χ0) is 13.8. The zero-order valence-electron chi connectivity index (χ0n) is 11.5. The standard InChI is InChI=1S/C16H19ClN2S/c17-15(13-8-2-1-3-9-13)16-19-18-14(20-16)11-10-12-6-4-5-7-12/h1-3,8-9,12,15H,4-7,10-11H2. The molecule has 0 bridgehead atoms. The van der Waals surface area contributed by atoms with Crippen LogP contribution in [0.2, 0.25) is 0 Å². The van der Waals surface area contributed by atoms with Gasteiger partial charge in [-0.2, -0.15) is 0 Å². The lowest BCUT2D eigenvalue weighted by Crippen LogP contribution is -1.95. The second-order valence-corrected chi connectivity index (χ2v) is 7.03. The average molecular weight is 307 g/mol. The fourth-order valence-electron chi connectivity index (χ4n) is 2.86. The summed E-state index contributed by atoms with van der Waals surface area (Å²) in [5.74, 6) is 0.906. The molecule has 0 aliphatic heterocycles. The first-order chi connectivity index (χ1) is 9.83. The Kier molecular flexibility index (Phi) is 4.69. The van der Waals surface area contributed by atoms with E-state index in [9.17, 15) is 0 Å². The summed E-state index contributed by atoms with van der Waals surface area (Å²) in [5.41, 5.74) is 1.09. The molecule has 106 valence electrons. The average Bonchev–Trinajstić information content (AvgIpc) is 3.17. The quantitative estimate of drug-likeness (QED) is 0.727. The lowest BCUT2D eigenvalue weighted by atomic mass is 10.0. The molecule has 0 radical (unpaired) electrons. The minimum absolute atomic E-state index is 0.172. The SMILES string of the molecule is ClC(c1ccccc1)c1nnc(CCC2CCCC2)s1. The Bertz CT molecular complexity index is 534. The normalized spacial score (nSPS) is 17.4. The van der Waals surface area contributed by atoms with Crippen molar-refractivity contribution in [2.75, 3.05) is 0 Å². The first-order valence-electron chi connectivity index (χ1n) is 7.34. The maximum atomic E-state index is 6.48. The molecule has 20 heavy (non-hydrogen) atoms. The van der Waals surface area contributed by atoms with Crippen LogP contribution in [0.5, 0.6) is 0 Å². The van der Waals surface area contributed by atoms with E-state index in [0.717, 1.165) is 27.9 Å². The Morgan fingerprint density at radius 1 is 1.15 bits per heavy atom. The molecule has 0 spiro atoms. The lowest BCUT2D eigenvalue weighted by molar-refractivity contribution is 0.502. The number of alkyl halides is 1. The molecule has 0 saturated heterocycles. The van der Waals surface area contributed by atoms with E-state index in [2.05, 4.69) is 10.2 Å². The van der Waals surface area contributed by atoms with Crippen molar-refractivity contribution in [2.45, 2.75) is 43.9 Å². The summed E-state index contributed by atoms with van der Waals surface area (Å²) in [5, 5.41) is 10.5. The highest BCUT2D eigenvalue weighted by Gasteiger charge is 2.18. The highest BCUT2D eigenvalue weighted by atomic mass is 35.5. The van der Waals surface area contributed by atoms with Crippen LogP contribution in [0, 0.1) is 5.92 Å². The van der Waals surface area contributed by atoms with Crippen molar-refractivity contribution in [2.24, 2.45) is 5.92 Å². The molecule has 2 nitrogen and oxygen atoms in total. The van der Waals surface area contributed by atoms with Gasteiger partial charge in [-0.15, -0.1) is 21.8 Å². The number of nitrogens with zero attached hydrogens (tertiary/aromatic N) is 2. The summed E-state index contributed by atoms with van der Waals surface area (Å²) in [4.78, 5) is 0. The highest BCUT2D eigenvalue weighted by Crippen LogP contribution is 2.32. The molecule has 2 aromatic rings. The monoisotopic (exact) mass is 306 g/mol. The predicted octanol–water partition coefficient (Wildman–Crippen LogP) is 4.99. The van der Waals surface area contributed by atoms with Crippen LogP contribution in [0.15, 0.2) is 30.3 Å². The minimum Gasteiger partial charge on any atom is -0.143 e. The van der Waals surface area contributed by atoms with Crippen molar-refractivity contribution in [3.63, 3.8) is 0 Å². The zero-order valence-corrected chi connectivity index (χ0v) is 13.0. The Morgan fingerprint density at radius 3 is 2.65 bits per heavy atom. The van der Waals surface area contributed by atoms with Crippen LogP contribution >= 0.6 is 22.9 Å². The second kappa shape index (κ2) is 6.68. The van der Waals surface area contributed by atoms with Gasteiger partial charge >= 0.3 is 0 Å². The van der Waals surface area contributed by atoms with Crippen LogP contribution in [-0.2, 0) is 6.42 Å². The molecule has 1 aromatic heterocycles. The molecule has 1 heterocycles. The molecule has 1 unspecified atom stereocenters. The summed E-state index contributed by atoms with van der Waals surface area (Å²) in [7, 11) is 0. The van der Waals surface area contributed by atoms with Gasteiger partial charge in [0, 0.05) is 6.42 Å². The van der Waals surface area contributed by atoms with Gasteiger partial charge in [-0.3, -0.25) is 0 Å². The van der Waals surface area contributed by atoms with E-state index in [0.29, 0.717) is 0 Å². The fourth-order valence-corrected chi connectivity index (χ4v) is 4.05. The summed E-state index contributed by atoms with van der Waals surface area (Å²) in [6.07, 6.45) is 7.92. The van der Waals surface area contributed by atoms with Gasteiger partial charge in [-0.25, -0.2) is 0 Å². The largest absolute Gasteiger partial charge is 0.143 e. The van der Waals surface area contributed by atoms with Gasteiger partial charge in [0.15, 0.2) is 0 Å². The van der Waals surface area contributed by atoms with Crippen LogP contribution in [0.3, 0.4) is 0 Å². The Morgan fingerprint density at radius 2 is 1.90 bits per heavy atom. The van der Waals surface area contributed by atoms with Crippen molar-refractivity contribution < 1.29 is 0 Å². The van der Waals surface area contributed by atoms with Gasteiger partial charge < -0.3 is 0 Å². The number of halogens is 1. The number of benzene rings is 1. The molecule has 1 fully saturated rings. The molecule has 1 saturated carbocycles. The van der Waals surface area contributed by atoms with E-state index < -0.39 is 0 Å². The maximum Gasteiger partial charge on any atom is 0.139 e. The van der Waals surface area contributed by atoms with Crippen molar-refractivity contribution in [3.8, 4) is 0 Å². The summed E-state index contributed by atoms with van der Waals surface area (Å²) < 4.78 is 0. The Balaban J connectivity index is 1.61. The summed E-state index contributed by atoms with van der Waals surface area (Å²) in [6, 6.07) is 10.1. The third-order valence-electron chi connectivity index (χ3n) is 4.03. The third kappa shape index (κ3) is 3.39. The van der Waals surface area contributed by atoms with Gasteiger partial charge in [0.05, 0.1) is 0 Å². The molecule has 0 N–H and O–H groups in total. The van der Waals surface area contributed by atoms with Crippen molar-refractivity contribution >= 4 is 22.9 Å². The van der Waals surface area contributed by atoms with Crippen molar-refractivity contribution in [3.05, 3.63) is 45.9 Å². The molecular formula is C16H19ClN2S. The number of rotatable bonds is 5. The molecule has 1 atom stereocenters. The van der Waals surface area contributed by atoms with Crippen LogP contribution < -0.4 is 0 Å². The van der Waals surface area contributed by atoms with Gasteiger partial charge in [-0.05, 0) is 17.9 Å². The molecule has 1 aliphatic carbocycles. The molecule has 4 heteroatoms. The Labute approximate surface area is 129 Å². The summed E-state index contributed by atoms with van der Waals surface area (Å²) in [6.45, 7) is 0.